The first-order valence-corrected chi connectivity index (χ1v) is 8.40. The standard InChI is InChI=1S/C16H21N3O2S/c1-4-10-17-14(20)11(3)22-16-18-13-9-7-6-8-12(13)15(21)19(16)5-2/h6-9,11H,4-5,10H2,1-3H3,(H,17,20). The van der Waals surface area contributed by atoms with Crippen LogP contribution in [0, 0.1) is 0 Å². The SMILES string of the molecule is CCCNC(=O)C(C)Sc1nc2ccccc2c(=O)n1CC. The van der Waals surface area contributed by atoms with E-state index in [9.17, 15) is 9.59 Å². The second-order valence-electron chi connectivity index (χ2n) is 5.01. The fraction of sp³-hybridized carbons (Fsp3) is 0.438. The number of hydrogen-bond donors (Lipinski definition) is 1. The number of benzene rings is 1. The summed E-state index contributed by atoms with van der Waals surface area (Å²) in [6.07, 6.45) is 0.900. The molecule has 0 bridgehead atoms. The van der Waals surface area contributed by atoms with Crippen LogP contribution in [0.5, 0.6) is 0 Å². The van der Waals surface area contributed by atoms with Crippen molar-refractivity contribution in [1.29, 1.82) is 0 Å². The van der Waals surface area contributed by atoms with Crippen LogP contribution in [0.15, 0.2) is 34.2 Å². The van der Waals surface area contributed by atoms with Crippen LogP contribution in [0.2, 0.25) is 0 Å². The van der Waals surface area contributed by atoms with Crippen molar-refractivity contribution in [3.8, 4) is 0 Å². The van der Waals surface area contributed by atoms with Crippen molar-refractivity contribution in [2.75, 3.05) is 6.54 Å². The number of amides is 1. The molecule has 0 spiro atoms. The number of nitrogens with zero attached hydrogens (tertiary/aromatic N) is 2. The Kier molecular flexibility index (Phi) is 5.60. The lowest BCUT2D eigenvalue weighted by molar-refractivity contribution is -0.120. The van der Waals surface area contributed by atoms with Crippen LogP contribution < -0.4 is 10.9 Å². The molecule has 0 aliphatic rings. The Bertz CT molecular complexity index is 727. The number of hydrogen-bond acceptors (Lipinski definition) is 4. The molecule has 2 rings (SSSR count). The van der Waals surface area contributed by atoms with Crippen molar-refractivity contribution >= 4 is 28.6 Å². The van der Waals surface area contributed by atoms with Gasteiger partial charge < -0.3 is 5.32 Å². The van der Waals surface area contributed by atoms with Crippen LogP contribution in [0.3, 0.4) is 0 Å². The van der Waals surface area contributed by atoms with Gasteiger partial charge in [0, 0.05) is 13.1 Å². The molecular formula is C16H21N3O2S. The van der Waals surface area contributed by atoms with E-state index in [1.807, 2.05) is 39.0 Å². The van der Waals surface area contributed by atoms with E-state index in [-0.39, 0.29) is 16.7 Å². The van der Waals surface area contributed by atoms with E-state index in [1.165, 1.54) is 11.8 Å². The average Bonchev–Trinajstić information content (AvgIpc) is 2.53. The second kappa shape index (κ2) is 7.45. The highest BCUT2D eigenvalue weighted by Gasteiger charge is 2.18. The molecule has 5 nitrogen and oxygen atoms in total. The summed E-state index contributed by atoms with van der Waals surface area (Å²) in [7, 11) is 0. The van der Waals surface area contributed by atoms with Gasteiger partial charge in [0.1, 0.15) is 0 Å². The summed E-state index contributed by atoms with van der Waals surface area (Å²) in [6, 6.07) is 7.29. The Labute approximate surface area is 134 Å². The molecule has 2 aromatic rings. The van der Waals surface area contributed by atoms with Crippen LogP contribution >= 0.6 is 11.8 Å². The molecule has 6 heteroatoms. The van der Waals surface area contributed by atoms with E-state index >= 15 is 0 Å². The molecule has 1 atom stereocenters. The number of aromatic nitrogens is 2. The van der Waals surface area contributed by atoms with E-state index in [1.54, 1.807) is 10.6 Å². The Hall–Kier alpha value is -1.82. The largest absolute Gasteiger partial charge is 0.355 e. The van der Waals surface area contributed by atoms with Crippen LogP contribution in [0.25, 0.3) is 10.9 Å². The number of thioether (sulfide) groups is 1. The molecule has 1 unspecified atom stereocenters. The number of rotatable bonds is 6. The van der Waals surface area contributed by atoms with Gasteiger partial charge in [0.15, 0.2) is 5.16 Å². The summed E-state index contributed by atoms with van der Waals surface area (Å²) in [6.45, 7) is 6.94. The molecule has 0 fully saturated rings. The minimum absolute atomic E-state index is 0.0306. The van der Waals surface area contributed by atoms with Gasteiger partial charge in [0.25, 0.3) is 5.56 Å². The third-order valence-electron chi connectivity index (χ3n) is 3.34. The summed E-state index contributed by atoms with van der Waals surface area (Å²) in [5.74, 6) is -0.0306. The summed E-state index contributed by atoms with van der Waals surface area (Å²) < 4.78 is 1.62. The number of fused-ring (bicyclic) bond motifs is 1. The van der Waals surface area contributed by atoms with Gasteiger partial charge >= 0.3 is 0 Å². The zero-order chi connectivity index (χ0) is 16.1. The van der Waals surface area contributed by atoms with Gasteiger partial charge in [0.2, 0.25) is 5.91 Å². The fourth-order valence-electron chi connectivity index (χ4n) is 2.12. The molecule has 1 aromatic carbocycles. The number of carbonyl (C=O) groups excluding carboxylic acids is 1. The third-order valence-corrected chi connectivity index (χ3v) is 4.43. The van der Waals surface area contributed by atoms with Crippen molar-refractivity contribution in [2.45, 2.75) is 44.1 Å². The van der Waals surface area contributed by atoms with Gasteiger partial charge in [0.05, 0.1) is 16.2 Å². The number of para-hydroxylation sites is 1. The third kappa shape index (κ3) is 3.50. The topological polar surface area (TPSA) is 64.0 Å². The van der Waals surface area contributed by atoms with Crippen molar-refractivity contribution < 1.29 is 4.79 Å². The van der Waals surface area contributed by atoms with E-state index in [0.29, 0.717) is 29.1 Å². The smallest absolute Gasteiger partial charge is 0.262 e. The second-order valence-corrected chi connectivity index (χ2v) is 6.32. The molecule has 1 aromatic heterocycles. The minimum atomic E-state index is -0.294. The number of nitrogens with one attached hydrogen (secondary N) is 1. The Morgan fingerprint density at radius 2 is 2.09 bits per heavy atom. The molecule has 1 heterocycles. The van der Waals surface area contributed by atoms with Crippen LogP contribution in [-0.4, -0.2) is 27.3 Å². The molecule has 0 saturated carbocycles. The van der Waals surface area contributed by atoms with Crippen molar-refractivity contribution in [2.24, 2.45) is 0 Å². The minimum Gasteiger partial charge on any atom is -0.355 e. The lowest BCUT2D eigenvalue weighted by Crippen LogP contribution is -2.32. The van der Waals surface area contributed by atoms with Crippen LogP contribution in [-0.2, 0) is 11.3 Å². The highest BCUT2D eigenvalue weighted by molar-refractivity contribution is 8.00. The van der Waals surface area contributed by atoms with Gasteiger partial charge in [-0.25, -0.2) is 4.98 Å². The quantitative estimate of drug-likeness (QED) is 0.656. The fourth-order valence-corrected chi connectivity index (χ4v) is 3.12. The zero-order valence-electron chi connectivity index (χ0n) is 13.1. The predicted molar refractivity (Wildman–Crippen MR) is 90.3 cm³/mol. The first-order valence-electron chi connectivity index (χ1n) is 7.52. The summed E-state index contributed by atoms with van der Waals surface area (Å²) in [4.78, 5) is 29.1. The summed E-state index contributed by atoms with van der Waals surface area (Å²) in [5.41, 5.74) is 0.609. The van der Waals surface area contributed by atoms with Gasteiger partial charge in [-0.05, 0) is 32.4 Å². The Balaban J connectivity index is 2.34. The first-order chi connectivity index (χ1) is 10.6. The van der Waals surface area contributed by atoms with E-state index < -0.39 is 0 Å². The molecule has 118 valence electrons. The monoisotopic (exact) mass is 319 g/mol. The van der Waals surface area contributed by atoms with E-state index in [0.717, 1.165) is 6.42 Å². The first kappa shape index (κ1) is 16.5. The van der Waals surface area contributed by atoms with Crippen molar-refractivity contribution in [3.63, 3.8) is 0 Å². The summed E-state index contributed by atoms with van der Waals surface area (Å²) in [5, 5.41) is 3.77. The molecule has 0 aliphatic carbocycles. The molecular weight excluding hydrogens is 298 g/mol. The van der Waals surface area contributed by atoms with Gasteiger partial charge in [-0.3, -0.25) is 14.2 Å². The zero-order valence-corrected chi connectivity index (χ0v) is 13.9. The Morgan fingerprint density at radius 1 is 1.36 bits per heavy atom. The highest BCUT2D eigenvalue weighted by atomic mass is 32.2. The average molecular weight is 319 g/mol. The van der Waals surface area contributed by atoms with Crippen molar-refractivity contribution in [3.05, 3.63) is 34.6 Å². The van der Waals surface area contributed by atoms with E-state index in [2.05, 4.69) is 10.3 Å². The Morgan fingerprint density at radius 3 is 2.77 bits per heavy atom. The molecule has 22 heavy (non-hydrogen) atoms. The van der Waals surface area contributed by atoms with Gasteiger partial charge in [-0.1, -0.05) is 30.8 Å². The molecule has 0 aliphatic heterocycles. The molecule has 0 radical (unpaired) electrons. The van der Waals surface area contributed by atoms with Crippen LogP contribution in [0.1, 0.15) is 27.2 Å². The normalized spacial score (nSPS) is 12.3. The van der Waals surface area contributed by atoms with Gasteiger partial charge in [-0.15, -0.1) is 0 Å². The maximum absolute atomic E-state index is 12.5. The maximum atomic E-state index is 12.5. The molecule has 0 saturated heterocycles. The van der Waals surface area contributed by atoms with Crippen LogP contribution in [0.4, 0.5) is 0 Å². The predicted octanol–water partition coefficient (Wildman–Crippen LogP) is 2.42. The molecule has 1 amide bonds. The van der Waals surface area contributed by atoms with E-state index in [4.69, 9.17) is 0 Å². The lowest BCUT2D eigenvalue weighted by atomic mass is 10.2. The van der Waals surface area contributed by atoms with Gasteiger partial charge in [-0.2, -0.15) is 0 Å². The lowest BCUT2D eigenvalue weighted by Gasteiger charge is -2.15. The molecule has 1 N–H and O–H groups in total. The number of carbonyl (C=O) groups is 1. The highest BCUT2D eigenvalue weighted by Crippen LogP contribution is 2.22. The maximum Gasteiger partial charge on any atom is 0.262 e. The van der Waals surface area contributed by atoms with Crippen molar-refractivity contribution in [1.82, 2.24) is 14.9 Å². The summed E-state index contributed by atoms with van der Waals surface area (Å²) >= 11 is 1.32.